The van der Waals surface area contributed by atoms with Gasteiger partial charge in [0.1, 0.15) is 0 Å². The Hall–Kier alpha value is -5.32. The van der Waals surface area contributed by atoms with Crippen molar-refractivity contribution in [2.45, 2.75) is 0 Å². The minimum Gasteiger partial charge on any atom is -0.355 e. The largest absolute Gasteiger partial charge is 0.355 e. The Balaban J connectivity index is 1.40. The molecule has 0 unspecified atom stereocenters. The monoisotopic (exact) mass is 575 g/mol. The smallest absolute Gasteiger partial charge is 0.197 e. The molecule has 203 valence electrons. The Morgan fingerprint density at radius 2 is 1.27 bits per heavy atom. The standard InChI is InChI=1S/C40H24BN2S/c1-2-12-24(13-3-1)42-32-22-29-25-14-7-11-21-35(25)44-36(29)23-30(32)37-26-15-4-5-16-27(26)38-28-17-6-9-19-33(28)43-34-20-10-8-18-31(34)41-39(37)40(38)43/h1-23,42H. The Labute approximate surface area is 259 Å². The molecule has 0 saturated heterocycles. The lowest BCUT2D eigenvalue weighted by Crippen LogP contribution is -2.37. The molecular formula is C40H24BN2S. The number of hydrogen-bond donors (Lipinski definition) is 1. The summed E-state index contributed by atoms with van der Waals surface area (Å²) in [4.78, 5) is 0. The molecule has 3 heterocycles. The van der Waals surface area contributed by atoms with E-state index in [1.54, 1.807) is 0 Å². The van der Waals surface area contributed by atoms with Crippen LogP contribution in [0.3, 0.4) is 0 Å². The highest BCUT2D eigenvalue weighted by molar-refractivity contribution is 7.25. The van der Waals surface area contributed by atoms with Gasteiger partial charge in [0.15, 0.2) is 7.28 Å². The van der Waals surface area contributed by atoms with Crippen LogP contribution < -0.4 is 16.2 Å². The minimum absolute atomic E-state index is 1.08. The van der Waals surface area contributed by atoms with Crippen LogP contribution in [-0.2, 0) is 0 Å². The van der Waals surface area contributed by atoms with E-state index in [0.717, 1.165) is 11.4 Å². The molecule has 1 aliphatic heterocycles. The summed E-state index contributed by atoms with van der Waals surface area (Å²) in [6.07, 6.45) is 0. The second-order valence-electron chi connectivity index (χ2n) is 11.6. The molecule has 44 heavy (non-hydrogen) atoms. The Kier molecular flexibility index (Phi) is 4.99. The van der Waals surface area contributed by atoms with E-state index in [9.17, 15) is 0 Å². The third kappa shape index (κ3) is 3.32. The number of thiophene rings is 1. The number of para-hydroxylation sites is 3. The highest BCUT2D eigenvalue weighted by atomic mass is 32.1. The first kappa shape index (κ1) is 24.2. The van der Waals surface area contributed by atoms with Gasteiger partial charge >= 0.3 is 0 Å². The van der Waals surface area contributed by atoms with Crippen LogP contribution in [-0.4, -0.2) is 11.8 Å². The van der Waals surface area contributed by atoms with Crippen molar-refractivity contribution in [1.82, 2.24) is 4.57 Å². The van der Waals surface area contributed by atoms with Crippen molar-refractivity contribution in [2.24, 2.45) is 0 Å². The van der Waals surface area contributed by atoms with E-state index in [4.69, 9.17) is 0 Å². The van der Waals surface area contributed by atoms with Crippen LogP contribution >= 0.6 is 11.3 Å². The van der Waals surface area contributed by atoms with Crippen LogP contribution in [0.5, 0.6) is 0 Å². The van der Waals surface area contributed by atoms with E-state index < -0.39 is 0 Å². The molecule has 1 aliphatic rings. The lowest BCUT2D eigenvalue weighted by atomic mass is 9.58. The molecule has 7 aromatic carbocycles. The molecule has 10 rings (SSSR count). The van der Waals surface area contributed by atoms with E-state index in [-0.39, 0.29) is 0 Å². The van der Waals surface area contributed by atoms with Crippen molar-refractivity contribution in [1.29, 1.82) is 0 Å². The molecule has 9 aromatic rings. The Morgan fingerprint density at radius 3 is 2.16 bits per heavy atom. The number of anilines is 2. The Bertz CT molecular complexity index is 2610. The maximum atomic E-state index is 3.84. The Morgan fingerprint density at radius 1 is 0.568 bits per heavy atom. The number of benzene rings is 7. The zero-order chi connectivity index (χ0) is 28.8. The quantitative estimate of drug-likeness (QED) is 0.208. The third-order valence-corrected chi connectivity index (χ3v) is 10.3. The molecule has 1 N–H and O–H groups in total. The molecule has 0 amide bonds. The van der Waals surface area contributed by atoms with Crippen LogP contribution in [0.15, 0.2) is 140 Å². The first-order valence-corrected chi connectivity index (χ1v) is 15.8. The van der Waals surface area contributed by atoms with Crippen LogP contribution in [0.2, 0.25) is 0 Å². The van der Waals surface area contributed by atoms with Crippen molar-refractivity contribution in [3.8, 4) is 16.8 Å². The SMILES string of the molecule is [B]1c2ccccc2-n2c3ccccc3c3c4ccccc4c(-c4cc5sc6ccccc6c5cc4Nc4ccccc4)c1c32. The predicted octanol–water partition coefficient (Wildman–Crippen LogP) is 9.68. The summed E-state index contributed by atoms with van der Waals surface area (Å²) in [6.45, 7) is 0. The molecule has 0 saturated carbocycles. The van der Waals surface area contributed by atoms with Gasteiger partial charge in [0.25, 0.3) is 0 Å². The second-order valence-corrected chi connectivity index (χ2v) is 12.7. The first-order valence-electron chi connectivity index (χ1n) is 15.0. The second kappa shape index (κ2) is 9.09. The number of nitrogens with zero attached hydrogens (tertiary/aromatic N) is 1. The molecule has 0 fully saturated rings. The van der Waals surface area contributed by atoms with Gasteiger partial charge in [-0.05, 0) is 64.3 Å². The van der Waals surface area contributed by atoms with E-state index >= 15 is 0 Å². The van der Waals surface area contributed by atoms with E-state index in [1.807, 2.05) is 11.3 Å². The van der Waals surface area contributed by atoms with Gasteiger partial charge in [-0.25, -0.2) is 0 Å². The van der Waals surface area contributed by atoms with Crippen LogP contribution in [0, 0.1) is 0 Å². The van der Waals surface area contributed by atoms with Crippen LogP contribution in [0.4, 0.5) is 11.4 Å². The van der Waals surface area contributed by atoms with E-state index in [1.165, 1.54) is 80.5 Å². The maximum absolute atomic E-state index is 3.84. The zero-order valence-electron chi connectivity index (χ0n) is 23.7. The first-order chi connectivity index (χ1) is 21.8. The van der Waals surface area contributed by atoms with Gasteiger partial charge in [0.05, 0.1) is 5.52 Å². The van der Waals surface area contributed by atoms with Crippen LogP contribution in [0.25, 0.3) is 69.6 Å². The number of nitrogens with one attached hydrogen (secondary N) is 1. The third-order valence-electron chi connectivity index (χ3n) is 9.18. The predicted molar refractivity (Wildman–Crippen MR) is 191 cm³/mol. The van der Waals surface area contributed by atoms with Crippen molar-refractivity contribution in [3.05, 3.63) is 140 Å². The molecule has 0 aliphatic carbocycles. The van der Waals surface area contributed by atoms with E-state index in [0.29, 0.717) is 0 Å². The topological polar surface area (TPSA) is 17.0 Å². The molecule has 1 radical (unpaired) electrons. The molecule has 0 bridgehead atoms. The van der Waals surface area contributed by atoms with Crippen molar-refractivity contribution >= 4 is 93.7 Å². The fourth-order valence-electron chi connectivity index (χ4n) is 7.36. The molecule has 0 spiro atoms. The number of hydrogen-bond acceptors (Lipinski definition) is 2. The summed E-state index contributed by atoms with van der Waals surface area (Å²) in [5.41, 5.74) is 10.9. The summed E-state index contributed by atoms with van der Waals surface area (Å²) >= 11 is 1.87. The molecule has 2 aromatic heterocycles. The van der Waals surface area contributed by atoms with Crippen LogP contribution in [0.1, 0.15) is 0 Å². The van der Waals surface area contributed by atoms with Gasteiger partial charge in [0.2, 0.25) is 0 Å². The van der Waals surface area contributed by atoms with Crippen molar-refractivity contribution < 1.29 is 0 Å². The number of rotatable bonds is 3. The highest BCUT2D eigenvalue weighted by Gasteiger charge is 2.29. The zero-order valence-corrected chi connectivity index (χ0v) is 24.5. The summed E-state index contributed by atoms with van der Waals surface area (Å²) in [6, 6.07) is 50.7. The molecular weight excluding hydrogens is 551 g/mol. The summed E-state index contributed by atoms with van der Waals surface area (Å²) in [7, 11) is 2.42. The van der Waals surface area contributed by atoms with E-state index in [2.05, 4.69) is 157 Å². The van der Waals surface area contributed by atoms with Gasteiger partial charge in [-0.2, -0.15) is 0 Å². The highest BCUT2D eigenvalue weighted by Crippen LogP contribution is 2.46. The van der Waals surface area contributed by atoms with Gasteiger partial charge < -0.3 is 9.88 Å². The normalized spacial score (nSPS) is 12.3. The average Bonchev–Trinajstić information content (AvgIpc) is 3.62. The minimum atomic E-state index is 1.08. The summed E-state index contributed by atoms with van der Waals surface area (Å²) in [5.74, 6) is 0. The lowest BCUT2D eigenvalue weighted by Gasteiger charge is -2.25. The fraction of sp³-hybridized carbons (Fsp3) is 0. The van der Waals surface area contributed by atoms with Gasteiger partial charge in [-0.15, -0.1) is 11.3 Å². The molecule has 2 nitrogen and oxygen atoms in total. The van der Waals surface area contributed by atoms with Gasteiger partial charge in [0, 0.05) is 59.1 Å². The fourth-order valence-corrected chi connectivity index (χ4v) is 8.49. The maximum Gasteiger partial charge on any atom is 0.197 e. The number of aromatic nitrogens is 1. The van der Waals surface area contributed by atoms with Gasteiger partial charge in [-0.1, -0.05) is 103 Å². The summed E-state index contributed by atoms with van der Waals surface area (Å²) < 4.78 is 5.11. The molecule has 0 atom stereocenters. The summed E-state index contributed by atoms with van der Waals surface area (Å²) in [5, 5.41) is 11.6. The lowest BCUT2D eigenvalue weighted by molar-refractivity contribution is 1.19. The van der Waals surface area contributed by atoms with Crippen molar-refractivity contribution in [3.63, 3.8) is 0 Å². The number of fused-ring (bicyclic) bond motifs is 10. The van der Waals surface area contributed by atoms with Crippen molar-refractivity contribution in [2.75, 3.05) is 5.32 Å². The molecule has 4 heteroatoms. The average molecular weight is 576 g/mol. The van der Waals surface area contributed by atoms with Gasteiger partial charge in [-0.3, -0.25) is 0 Å².